The van der Waals surface area contributed by atoms with Crippen LogP contribution in [-0.2, 0) is 4.74 Å². The molecule has 2 aromatic rings. The van der Waals surface area contributed by atoms with Crippen LogP contribution in [-0.4, -0.2) is 53.7 Å². The number of carbonyl (C=O) groups is 1. The summed E-state index contributed by atoms with van der Waals surface area (Å²) >= 11 is 0. The highest BCUT2D eigenvalue weighted by Crippen LogP contribution is 2.26. The van der Waals surface area contributed by atoms with Gasteiger partial charge in [-0.05, 0) is 29.8 Å². The standard InChI is InChI=1S/C19H20FN3O5/c20-15-4-1-13(2-5-15)17(22-7-9-28-10-8-22)12-21-19(25)14-3-6-16(23(26)27)18(24)11-14/h1-6,11,17,24H,7-10,12H2,(H,21,25). The van der Waals surface area contributed by atoms with Crippen LogP contribution in [0, 0.1) is 15.9 Å². The van der Waals surface area contributed by atoms with Crippen LogP contribution in [0.15, 0.2) is 42.5 Å². The van der Waals surface area contributed by atoms with Gasteiger partial charge in [0.05, 0.1) is 24.2 Å². The zero-order valence-corrected chi connectivity index (χ0v) is 15.0. The van der Waals surface area contributed by atoms with Crippen LogP contribution in [0.25, 0.3) is 0 Å². The Morgan fingerprint density at radius 2 is 1.93 bits per heavy atom. The first-order valence-electron chi connectivity index (χ1n) is 8.78. The lowest BCUT2D eigenvalue weighted by molar-refractivity contribution is -0.385. The Labute approximate surface area is 160 Å². The second-order valence-electron chi connectivity index (χ2n) is 6.39. The topological polar surface area (TPSA) is 105 Å². The van der Waals surface area contributed by atoms with E-state index in [1.165, 1.54) is 18.2 Å². The summed E-state index contributed by atoms with van der Waals surface area (Å²) in [5, 5.41) is 23.3. The van der Waals surface area contributed by atoms with Gasteiger partial charge in [-0.1, -0.05) is 12.1 Å². The highest BCUT2D eigenvalue weighted by Gasteiger charge is 2.24. The van der Waals surface area contributed by atoms with Gasteiger partial charge in [0.1, 0.15) is 5.82 Å². The monoisotopic (exact) mass is 389 g/mol. The van der Waals surface area contributed by atoms with Gasteiger partial charge in [0.25, 0.3) is 5.91 Å². The van der Waals surface area contributed by atoms with Crippen molar-refractivity contribution in [2.75, 3.05) is 32.8 Å². The van der Waals surface area contributed by atoms with Crippen molar-refractivity contribution in [1.29, 1.82) is 0 Å². The molecular formula is C19H20FN3O5. The van der Waals surface area contributed by atoms with Crippen LogP contribution < -0.4 is 5.32 Å². The molecule has 0 aromatic heterocycles. The molecule has 1 aliphatic heterocycles. The molecule has 1 heterocycles. The van der Waals surface area contributed by atoms with Gasteiger partial charge in [-0.2, -0.15) is 0 Å². The number of phenolic OH excluding ortho intramolecular Hbond substituents is 1. The molecule has 148 valence electrons. The lowest BCUT2D eigenvalue weighted by atomic mass is 10.0. The first-order chi connectivity index (χ1) is 13.5. The Balaban J connectivity index is 1.73. The van der Waals surface area contributed by atoms with Crippen molar-refractivity contribution >= 4 is 11.6 Å². The molecule has 0 saturated carbocycles. The summed E-state index contributed by atoms with van der Waals surface area (Å²) in [5.41, 5.74) is 0.507. The van der Waals surface area contributed by atoms with Crippen molar-refractivity contribution < 1.29 is 24.0 Å². The summed E-state index contributed by atoms with van der Waals surface area (Å²) < 4.78 is 18.7. The van der Waals surface area contributed by atoms with Gasteiger partial charge in [0.2, 0.25) is 0 Å². The highest BCUT2D eigenvalue weighted by atomic mass is 19.1. The number of halogens is 1. The Morgan fingerprint density at radius 1 is 1.25 bits per heavy atom. The second kappa shape index (κ2) is 8.77. The molecular weight excluding hydrogens is 369 g/mol. The maximum atomic E-state index is 13.3. The number of nitro groups is 1. The number of hydrogen-bond acceptors (Lipinski definition) is 6. The molecule has 1 saturated heterocycles. The van der Waals surface area contributed by atoms with Crippen LogP contribution in [0.4, 0.5) is 10.1 Å². The van der Waals surface area contributed by atoms with E-state index in [9.17, 15) is 24.4 Å². The van der Waals surface area contributed by atoms with Crippen molar-refractivity contribution in [1.82, 2.24) is 10.2 Å². The molecule has 0 aliphatic carbocycles. The first kappa shape index (κ1) is 19.7. The Kier molecular flexibility index (Phi) is 6.17. The number of nitro benzene ring substituents is 1. The Hall–Kier alpha value is -3.04. The number of carbonyl (C=O) groups excluding carboxylic acids is 1. The molecule has 9 heteroatoms. The van der Waals surface area contributed by atoms with E-state index in [0.29, 0.717) is 26.3 Å². The number of phenols is 1. The van der Waals surface area contributed by atoms with E-state index in [0.717, 1.165) is 17.7 Å². The third kappa shape index (κ3) is 4.62. The van der Waals surface area contributed by atoms with Gasteiger partial charge in [0, 0.05) is 31.3 Å². The lowest BCUT2D eigenvalue weighted by Crippen LogP contribution is -2.43. The zero-order chi connectivity index (χ0) is 20.1. The number of hydrogen-bond donors (Lipinski definition) is 2. The third-order valence-electron chi connectivity index (χ3n) is 4.63. The number of nitrogens with zero attached hydrogens (tertiary/aromatic N) is 2. The SMILES string of the molecule is O=C(NCC(c1ccc(F)cc1)N1CCOCC1)c1ccc([N+](=O)[O-])c(O)c1. The molecule has 3 rings (SSSR count). The molecule has 2 N–H and O–H groups in total. The molecule has 1 unspecified atom stereocenters. The first-order valence-corrected chi connectivity index (χ1v) is 8.78. The Morgan fingerprint density at radius 3 is 2.54 bits per heavy atom. The molecule has 28 heavy (non-hydrogen) atoms. The minimum Gasteiger partial charge on any atom is -0.502 e. The maximum absolute atomic E-state index is 13.3. The lowest BCUT2D eigenvalue weighted by Gasteiger charge is -2.35. The van der Waals surface area contributed by atoms with Gasteiger partial charge < -0.3 is 15.2 Å². The fraction of sp³-hybridized carbons (Fsp3) is 0.316. The average molecular weight is 389 g/mol. The normalized spacial score (nSPS) is 15.8. The van der Waals surface area contributed by atoms with E-state index >= 15 is 0 Å². The van der Waals surface area contributed by atoms with E-state index in [4.69, 9.17) is 4.74 Å². The van der Waals surface area contributed by atoms with Crippen molar-refractivity contribution in [3.05, 3.63) is 69.5 Å². The van der Waals surface area contributed by atoms with Crippen molar-refractivity contribution in [3.8, 4) is 5.75 Å². The fourth-order valence-electron chi connectivity index (χ4n) is 3.14. The molecule has 1 amide bonds. The minimum atomic E-state index is -0.722. The summed E-state index contributed by atoms with van der Waals surface area (Å²) in [6, 6.07) is 9.37. The van der Waals surface area contributed by atoms with Gasteiger partial charge in [-0.15, -0.1) is 0 Å². The van der Waals surface area contributed by atoms with E-state index in [-0.39, 0.29) is 24.0 Å². The molecule has 8 nitrogen and oxygen atoms in total. The van der Waals surface area contributed by atoms with E-state index in [2.05, 4.69) is 10.2 Å². The number of aromatic hydroxyl groups is 1. The summed E-state index contributed by atoms with van der Waals surface area (Å²) in [5.74, 6) is -1.37. The summed E-state index contributed by atoms with van der Waals surface area (Å²) in [6.45, 7) is 2.75. The second-order valence-corrected chi connectivity index (χ2v) is 6.39. The summed E-state index contributed by atoms with van der Waals surface area (Å²) in [4.78, 5) is 24.7. The maximum Gasteiger partial charge on any atom is 0.310 e. The van der Waals surface area contributed by atoms with E-state index in [1.54, 1.807) is 12.1 Å². The number of nitrogens with one attached hydrogen (secondary N) is 1. The third-order valence-corrected chi connectivity index (χ3v) is 4.63. The molecule has 0 radical (unpaired) electrons. The minimum absolute atomic E-state index is 0.114. The molecule has 2 aromatic carbocycles. The van der Waals surface area contributed by atoms with Crippen LogP contribution in [0.5, 0.6) is 5.75 Å². The van der Waals surface area contributed by atoms with Crippen LogP contribution in [0.1, 0.15) is 22.0 Å². The predicted molar refractivity (Wildman–Crippen MR) is 98.6 cm³/mol. The summed E-state index contributed by atoms with van der Waals surface area (Å²) in [7, 11) is 0. The number of benzene rings is 2. The average Bonchev–Trinajstić information content (AvgIpc) is 2.69. The molecule has 0 spiro atoms. The van der Waals surface area contributed by atoms with Crippen molar-refractivity contribution in [2.45, 2.75) is 6.04 Å². The van der Waals surface area contributed by atoms with Crippen LogP contribution >= 0.6 is 0 Å². The smallest absolute Gasteiger partial charge is 0.310 e. The molecule has 1 atom stereocenters. The van der Waals surface area contributed by atoms with Crippen molar-refractivity contribution in [2.24, 2.45) is 0 Å². The van der Waals surface area contributed by atoms with Gasteiger partial charge in [-0.3, -0.25) is 19.8 Å². The quantitative estimate of drug-likeness (QED) is 0.580. The molecule has 1 aliphatic rings. The van der Waals surface area contributed by atoms with Gasteiger partial charge in [0.15, 0.2) is 5.75 Å². The van der Waals surface area contributed by atoms with Gasteiger partial charge >= 0.3 is 5.69 Å². The van der Waals surface area contributed by atoms with Gasteiger partial charge in [-0.25, -0.2) is 4.39 Å². The zero-order valence-electron chi connectivity index (χ0n) is 15.0. The number of morpholine rings is 1. The molecule has 0 bridgehead atoms. The number of ether oxygens (including phenoxy) is 1. The summed E-state index contributed by atoms with van der Waals surface area (Å²) in [6.07, 6.45) is 0. The van der Waals surface area contributed by atoms with Crippen LogP contribution in [0.3, 0.4) is 0 Å². The highest BCUT2D eigenvalue weighted by molar-refractivity contribution is 5.95. The fourth-order valence-corrected chi connectivity index (χ4v) is 3.14. The predicted octanol–water partition coefficient (Wildman–Crippen LogP) is 2.24. The molecule has 1 fully saturated rings. The van der Waals surface area contributed by atoms with E-state index < -0.39 is 22.3 Å². The van der Waals surface area contributed by atoms with Crippen molar-refractivity contribution in [3.63, 3.8) is 0 Å². The number of rotatable bonds is 6. The van der Waals surface area contributed by atoms with Crippen LogP contribution in [0.2, 0.25) is 0 Å². The van der Waals surface area contributed by atoms with E-state index in [1.807, 2.05) is 0 Å². The largest absolute Gasteiger partial charge is 0.502 e. The number of amides is 1. The Bertz CT molecular complexity index is 853.